The minimum absolute atomic E-state index is 0.633. The molecule has 2 fully saturated rings. The number of nitrogens with two attached hydrogens (primary N) is 1. The van der Waals surface area contributed by atoms with Gasteiger partial charge in [-0.1, -0.05) is 25.3 Å². The molecule has 1 saturated carbocycles. The first-order chi connectivity index (χ1) is 8.19. The van der Waals surface area contributed by atoms with Crippen LogP contribution in [0.3, 0.4) is 0 Å². The van der Waals surface area contributed by atoms with Crippen molar-refractivity contribution >= 4 is 11.4 Å². The van der Waals surface area contributed by atoms with E-state index in [1.165, 1.54) is 56.4 Å². The van der Waals surface area contributed by atoms with Gasteiger partial charge in [0, 0.05) is 18.5 Å². The van der Waals surface area contributed by atoms with Crippen LogP contribution in [-0.4, -0.2) is 13.1 Å². The fourth-order valence-corrected chi connectivity index (χ4v) is 3.48. The van der Waals surface area contributed by atoms with Crippen LogP contribution in [0.5, 0.6) is 0 Å². The van der Waals surface area contributed by atoms with Crippen LogP contribution < -0.4 is 10.6 Å². The fraction of sp³-hybridized carbons (Fsp3) is 0.600. The Balaban J connectivity index is 1.74. The average Bonchev–Trinajstić information content (AvgIpc) is 2.30. The summed E-state index contributed by atoms with van der Waals surface area (Å²) in [6.07, 6.45) is 7.15. The number of nitrogen functional groups attached to an aromatic ring is 1. The Hall–Kier alpha value is -1.18. The summed E-state index contributed by atoms with van der Waals surface area (Å²) in [7, 11) is 0. The molecule has 17 heavy (non-hydrogen) atoms. The molecule has 0 aromatic heterocycles. The molecule has 0 bridgehead atoms. The van der Waals surface area contributed by atoms with Crippen molar-refractivity contribution in [3.8, 4) is 0 Å². The van der Waals surface area contributed by atoms with Crippen LogP contribution in [-0.2, 0) is 0 Å². The maximum atomic E-state index is 6.08. The van der Waals surface area contributed by atoms with Gasteiger partial charge in [-0.15, -0.1) is 0 Å². The van der Waals surface area contributed by atoms with Gasteiger partial charge in [0.2, 0.25) is 0 Å². The molecule has 1 spiro atoms. The van der Waals surface area contributed by atoms with Gasteiger partial charge in [-0.05, 0) is 37.5 Å². The minimum atomic E-state index is 0.633. The van der Waals surface area contributed by atoms with Gasteiger partial charge in [-0.3, -0.25) is 0 Å². The second-order valence-electron chi connectivity index (χ2n) is 5.98. The lowest BCUT2D eigenvalue weighted by atomic mass is 9.68. The monoisotopic (exact) mass is 230 g/mol. The van der Waals surface area contributed by atoms with E-state index in [1.807, 2.05) is 6.07 Å². The summed E-state index contributed by atoms with van der Waals surface area (Å²) in [5.41, 5.74) is 10.2. The van der Waals surface area contributed by atoms with Crippen LogP contribution >= 0.6 is 0 Å². The van der Waals surface area contributed by atoms with Gasteiger partial charge in [-0.25, -0.2) is 0 Å². The molecule has 2 aliphatic rings. The van der Waals surface area contributed by atoms with Crippen molar-refractivity contribution in [3.63, 3.8) is 0 Å². The van der Waals surface area contributed by atoms with Crippen LogP contribution in [0.1, 0.15) is 37.7 Å². The molecule has 92 valence electrons. The van der Waals surface area contributed by atoms with E-state index in [2.05, 4.69) is 24.0 Å². The molecule has 0 radical (unpaired) electrons. The quantitative estimate of drug-likeness (QED) is 0.750. The minimum Gasteiger partial charge on any atom is -0.397 e. The average molecular weight is 230 g/mol. The van der Waals surface area contributed by atoms with Crippen LogP contribution in [0.4, 0.5) is 11.4 Å². The number of aryl methyl sites for hydroxylation is 1. The third-order valence-electron chi connectivity index (χ3n) is 4.49. The first-order valence-corrected chi connectivity index (χ1v) is 6.80. The molecule has 1 aromatic rings. The fourth-order valence-electron chi connectivity index (χ4n) is 3.48. The number of benzene rings is 1. The topological polar surface area (TPSA) is 29.3 Å². The third-order valence-corrected chi connectivity index (χ3v) is 4.49. The molecular weight excluding hydrogens is 208 g/mol. The van der Waals surface area contributed by atoms with E-state index in [-0.39, 0.29) is 0 Å². The molecular formula is C15H22N2. The Kier molecular flexibility index (Phi) is 2.53. The second kappa shape index (κ2) is 3.94. The molecule has 0 amide bonds. The smallest absolute Gasteiger partial charge is 0.0602 e. The van der Waals surface area contributed by atoms with Crippen LogP contribution in [0, 0.1) is 12.3 Å². The number of nitrogens with zero attached hydrogens (tertiary/aromatic N) is 1. The van der Waals surface area contributed by atoms with E-state index in [0.29, 0.717) is 5.41 Å². The van der Waals surface area contributed by atoms with Crippen molar-refractivity contribution in [1.82, 2.24) is 0 Å². The molecule has 2 N–H and O–H groups in total. The van der Waals surface area contributed by atoms with Gasteiger partial charge in [0.15, 0.2) is 0 Å². The number of anilines is 2. The maximum Gasteiger partial charge on any atom is 0.0602 e. The second-order valence-corrected chi connectivity index (χ2v) is 5.98. The van der Waals surface area contributed by atoms with Gasteiger partial charge < -0.3 is 10.6 Å². The first-order valence-electron chi connectivity index (χ1n) is 6.80. The van der Waals surface area contributed by atoms with Crippen molar-refractivity contribution in [1.29, 1.82) is 0 Å². The number of rotatable bonds is 1. The summed E-state index contributed by atoms with van der Waals surface area (Å²) in [5, 5.41) is 0. The van der Waals surface area contributed by atoms with Gasteiger partial charge in [-0.2, -0.15) is 0 Å². The predicted molar refractivity (Wildman–Crippen MR) is 73.3 cm³/mol. The van der Waals surface area contributed by atoms with Gasteiger partial charge >= 0.3 is 0 Å². The van der Waals surface area contributed by atoms with E-state index in [1.54, 1.807) is 0 Å². The lowest BCUT2D eigenvalue weighted by molar-refractivity contribution is 0.139. The Labute approximate surface area is 104 Å². The molecule has 1 aliphatic carbocycles. The summed E-state index contributed by atoms with van der Waals surface area (Å²) >= 11 is 0. The zero-order chi connectivity index (χ0) is 11.9. The predicted octanol–water partition coefficient (Wildman–Crippen LogP) is 3.35. The van der Waals surface area contributed by atoms with E-state index in [4.69, 9.17) is 5.73 Å². The molecule has 2 heteroatoms. The molecule has 0 atom stereocenters. The van der Waals surface area contributed by atoms with Crippen molar-refractivity contribution in [3.05, 3.63) is 23.8 Å². The number of hydrogen-bond acceptors (Lipinski definition) is 2. The van der Waals surface area contributed by atoms with E-state index >= 15 is 0 Å². The summed E-state index contributed by atoms with van der Waals surface area (Å²) < 4.78 is 0. The largest absolute Gasteiger partial charge is 0.397 e. The Morgan fingerprint density at radius 1 is 1.12 bits per heavy atom. The number of hydrogen-bond donors (Lipinski definition) is 1. The van der Waals surface area contributed by atoms with Gasteiger partial charge in [0.1, 0.15) is 0 Å². The highest BCUT2D eigenvalue weighted by Crippen LogP contribution is 2.46. The maximum absolute atomic E-state index is 6.08. The standard InChI is InChI=1S/C15H22N2/c1-12-5-6-13(16)14(9-12)17-10-15(11-17)7-3-2-4-8-15/h5-6,9H,2-4,7-8,10-11,16H2,1H3. The molecule has 1 saturated heterocycles. The molecule has 3 rings (SSSR count). The van der Waals surface area contributed by atoms with Crippen molar-refractivity contribution in [2.75, 3.05) is 23.7 Å². The third kappa shape index (κ3) is 1.90. The van der Waals surface area contributed by atoms with Crippen molar-refractivity contribution < 1.29 is 0 Å². The van der Waals surface area contributed by atoms with Gasteiger partial charge in [0.25, 0.3) is 0 Å². The Morgan fingerprint density at radius 2 is 1.82 bits per heavy atom. The molecule has 2 nitrogen and oxygen atoms in total. The van der Waals surface area contributed by atoms with Gasteiger partial charge in [0.05, 0.1) is 11.4 Å². The summed E-state index contributed by atoms with van der Waals surface area (Å²) in [6.45, 7) is 4.58. The van der Waals surface area contributed by atoms with Crippen LogP contribution in [0.25, 0.3) is 0 Å². The zero-order valence-electron chi connectivity index (χ0n) is 10.7. The van der Waals surface area contributed by atoms with Crippen LogP contribution in [0.15, 0.2) is 18.2 Å². The summed E-state index contributed by atoms with van der Waals surface area (Å²) in [6, 6.07) is 6.36. The zero-order valence-corrected chi connectivity index (χ0v) is 10.7. The Morgan fingerprint density at radius 3 is 2.53 bits per heavy atom. The molecule has 1 aliphatic heterocycles. The highest BCUT2D eigenvalue weighted by Gasteiger charge is 2.43. The molecule has 0 unspecified atom stereocenters. The van der Waals surface area contributed by atoms with E-state index in [0.717, 1.165) is 5.69 Å². The first kappa shape index (κ1) is 10.9. The summed E-state index contributed by atoms with van der Waals surface area (Å²) in [5.74, 6) is 0. The highest BCUT2D eigenvalue weighted by molar-refractivity contribution is 5.69. The molecule has 1 heterocycles. The summed E-state index contributed by atoms with van der Waals surface area (Å²) in [4.78, 5) is 2.47. The van der Waals surface area contributed by atoms with E-state index < -0.39 is 0 Å². The lowest BCUT2D eigenvalue weighted by Gasteiger charge is -2.54. The van der Waals surface area contributed by atoms with Crippen LogP contribution in [0.2, 0.25) is 0 Å². The molecule has 1 aromatic carbocycles. The highest BCUT2D eigenvalue weighted by atomic mass is 15.2. The normalized spacial score (nSPS) is 22.5. The van der Waals surface area contributed by atoms with Crippen molar-refractivity contribution in [2.24, 2.45) is 5.41 Å². The SMILES string of the molecule is Cc1ccc(N)c(N2CC3(CCCCC3)C2)c1. The van der Waals surface area contributed by atoms with Crippen molar-refractivity contribution in [2.45, 2.75) is 39.0 Å². The van der Waals surface area contributed by atoms with E-state index in [9.17, 15) is 0 Å². The lowest BCUT2D eigenvalue weighted by Crippen LogP contribution is -2.57. The Bertz CT molecular complexity index is 411.